The molecule has 15 heteroatoms. The average Bonchev–Trinajstić information content (AvgIpc) is 3.24. The summed E-state index contributed by atoms with van der Waals surface area (Å²) in [6.07, 6.45) is -6.28. The Morgan fingerprint density at radius 3 is 2.14 bits per heavy atom. The highest BCUT2D eigenvalue weighted by Crippen LogP contribution is 2.34. The number of esters is 4. The monoisotopic (exact) mass is 558 g/mol. The van der Waals surface area contributed by atoms with Gasteiger partial charge in [0.15, 0.2) is 24.1 Å². The van der Waals surface area contributed by atoms with Crippen LogP contribution in [0.1, 0.15) is 45.3 Å². The Morgan fingerprint density at radius 1 is 0.919 bits per heavy atom. The molecule has 0 amide bonds. The number of hydrogen-bond donors (Lipinski definition) is 0. The third-order valence-electron chi connectivity index (χ3n) is 5.03. The van der Waals surface area contributed by atoms with Crippen LogP contribution in [0.3, 0.4) is 0 Å². The Morgan fingerprint density at radius 2 is 1.54 bits per heavy atom. The van der Waals surface area contributed by atoms with Crippen LogP contribution in [-0.2, 0) is 49.3 Å². The molecular weight excluding hydrogens is 535 g/mol. The van der Waals surface area contributed by atoms with Gasteiger partial charge in [0.05, 0.1) is 0 Å². The lowest BCUT2D eigenvalue weighted by molar-refractivity contribution is -0.272. The van der Waals surface area contributed by atoms with Crippen molar-refractivity contribution < 1.29 is 42.9 Å². The molecule has 1 fully saturated rings. The first-order valence-corrected chi connectivity index (χ1v) is 11.7. The van der Waals surface area contributed by atoms with Crippen LogP contribution >= 0.6 is 23.2 Å². The summed E-state index contributed by atoms with van der Waals surface area (Å²) in [5.74, 6) is -2.63. The minimum Gasteiger partial charge on any atom is -0.463 e. The van der Waals surface area contributed by atoms with Gasteiger partial charge in [-0.1, -0.05) is 29.3 Å². The predicted molar refractivity (Wildman–Crippen MR) is 124 cm³/mol. The van der Waals surface area contributed by atoms with Gasteiger partial charge in [-0.2, -0.15) is 0 Å². The van der Waals surface area contributed by atoms with Crippen LogP contribution in [-0.4, -0.2) is 75.1 Å². The maximum absolute atomic E-state index is 12.0. The maximum Gasteiger partial charge on any atom is 0.303 e. The molecule has 1 aromatic heterocycles. The minimum absolute atomic E-state index is 0.182. The zero-order chi connectivity index (χ0) is 27.3. The molecule has 3 rings (SSSR count). The summed E-state index contributed by atoms with van der Waals surface area (Å²) in [5.41, 5.74) is 0.673. The quantitative estimate of drug-likeness (QED) is 0.342. The van der Waals surface area contributed by atoms with Gasteiger partial charge in [-0.25, -0.2) is 0 Å². The third kappa shape index (κ3) is 7.60. The zero-order valence-electron chi connectivity index (χ0n) is 20.3. The molecule has 0 radical (unpaired) electrons. The first-order chi connectivity index (χ1) is 17.4. The number of hydrogen-bond acceptors (Lipinski definition) is 12. The fourth-order valence-corrected chi connectivity index (χ4v) is 4.14. The van der Waals surface area contributed by atoms with E-state index in [4.69, 9.17) is 46.9 Å². The van der Waals surface area contributed by atoms with Crippen molar-refractivity contribution in [2.75, 3.05) is 6.61 Å². The Bertz CT molecular complexity index is 1170. The van der Waals surface area contributed by atoms with Gasteiger partial charge in [0.1, 0.15) is 12.7 Å². The number of carbonyl (C=O) groups excluding carboxylic acids is 4. The normalized spacial score (nSPS) is 23.1. The molecule has 13 nitrogen and oxygen atoms in total. The van der Waals surface area contributed by atoms with Crippen LogP contribution in [0.5, 0.6) is 0 Å². The van der Waals surface area contributed by atoms with Crippen LogP contribution in [0.2, 0.25) is 10.0 Å². The topological polar surface area (TPSA) is 158 Å². The molecule has 0 aliphatic carbocycles. The van der Waals surface area contributed by atoms with Gasteiger partial charge in [0.25, 0.3) is 0 Å². The molecule has 200 valence electrons. The lowest BCUT2D eigenvalue weighted by Gasteiger charge is -2.43. The van der Waals surface area contributed by atoms with Crippen LogP contribution in [0, 0.1) is 0 Å². The first kappa shape index (κ1) is 28.3. The summed E-state index contributed by atoms with van der Waals surface area (Å²) in [5, 5.41) is 13.2. The molecule has 0 spiro atoms. The Balaban J connectivity index is 1.99. The fourth-order valence-electron chi connectivity index (χ4n) is 3.66. The molecule has 5 unspecified atom stereocenters. The van der Waals surface area contributed by atoms with Crippen molar-refractivity contribution in [3.05, 3.63) is 39.6 Å². The number of ether oxygens (including phenoxy) is 5. The Hall–Kier alpha value is -3.29. The lowest BCUT2D eigenvalue weighted by Crippen LogP contribution is -2.60. The van der Waals surface area contributed by atoms with Crippen molar-refractivity contribution in [3.63, 3.8) is 0 Å². The molecule has 1 aliphatic heterocycles. The first-order valence-electron chi connectivity index (χ1n) is 11.0. The highest BCUT2D eigenvalue weighted by atomic mass is 35.5. The van der Waals surface area contributed by atoms with Gasteiger partial charge < -0.3 is 23.7 Å². The van der Waals surface area contributed by atoms with E-state index in [2.05, 4.69) is 15.4 Å². The van der Waals surface area contributed by atoms with Gasteiger partial charge in [0.2, 0.25) is 6.23 Å². The second-order valence-electron chi connectivity index (χ2n) is 8.03. The van der Waals surface area contributed by atoms with Gasteiger partial charge in [-0.15, -0.1) is 15.0 Å². The van der Waals surface area contributed by atoms with Gasteiger partial charge in [-0.05, 0) is 22.9 Å². The van der Waals surface area contributed by atoms with E-state index in [9.17, 15) is 19.2 Å². The van der Waals surface area contributed by atoms with Crippen molar-refractivity contribution in [1.29, 1.82) is 0 Å². The molecule has 1 aromatic carbocycles. The maximum atomic E-state index is 12.0. The summed E-state index contributed by atoms with van der Waals surface area (Å²) < 4.78 is 27.2. The summed E-state index contributed by atoms with van der Waals surface area (Å²) in [6.45, 7) is 4.20. The van der Waals surface area contributed by atoms with Crippen LogP contribution in [0.25, 0.3) is 0 Å². The van der Waals surface area contributed by atoms with Crippen molar-refractivity contribution in [3.8, 4) is 0 Å². The molecule has 2 aromatic rings. The van der Waals surface area contributed by atoms with Gasteiger partial charge in [-0.3, -0.25) is 19.2 Å². The van der Waals surface area contributed by atoms with Crippen LogP contribution in [0.15, 0.2) is 18.2 Å². The number of halogens is 2. The smallest absolute Gasteiger partial charge is 0.303 e. The lowest BCUT2D eigenvalue weighted by atomic mass is 9.97. The molecule has 1 saturated heterocycles. The number of nitrogens with zero attached hydrogens (tertiary/aromatic N) is 4. The number of rotatable bonds is 8. The number of benzene rings is 1. The molecule has 0 bridgehead atoms. The highest BCUT2D eigenvalue weighted by Gasteiger charge is 2.53. The minimum atomic E-state index is -1.36. The molecular formula is C22H24Cl2N4O9. The second-order valence-corrected chi connectivity index (χ2v) is 8.87. The van der Waals surface area contributed by atoms with Crippen molar-refractivity contribution in [2.24, 2.45) is 0 Å². The van der Waals surface area contributed by atoms with Crippen molar-refractivity contribution in [1.82, 2.24) is 20.2 Å². The van der Waals surface area contributed by atoms with E-state index >= 15 is 0 Å². The van der Waals surface area contributed by atoms with Crippen LogP contribution in [0.4, 0.5) is 0 Å². The van der Waals surface area contributed by atoms with E-state index in [1.807, 2.05) is 0 Å². The third-order valence-corrected chi connectivity index (χ3v) is 5.61. The number of aromatic nitrogens is 4. The van der Waals surface area contributed by atoms with Crippen LogP contribution < -0.4 is 0 Å². The largest absolute Gasteiger partial charge is 0.463 e. The van der Waals surface area contributed by atoms with E-state index in [0.717, 1.165) is 25.6 Å². The molecule has 1 aliphatic rings. The van der Waals surface area contributed by atoms with E-state index < -0.39 is 54.5 Å². The van der Waals surface area contributed by atoms with Gasteiger partial charge in [0, 0.05) is 44.2 Å². The van der Waals surface area contributed by atoms with E-state index in [1.165, 1.54) is 6.92 Å². The average molecular weight is 559 g/mol. The fraction of sp³-hybridized carbons (Fsp3) is 0.500. The second kappa shape index (κ2) is 12.3. The summed E-state index contributed by atoms with van der Waals surface area (Å²) in [7, 11) is 0. The Labute approximate surface area is 221 Å². The standard InChI is InChI=1S/C22H24Cl2N4O9/c1-10(29)33-9-17-19(34-11(2)30)20(35-12(3)31)21(36-13(4)32)22(37-17)28-26-18(25-27-28)7-14-5-6-15(23)8-16(14)24/h5-6,8,17,19-22H,7,9H2,1-4H3. The zero-order valence-corrected chi connectivity index (χ0v) is 21.8. The molecule has 0 N–H and O–H groups in total. The number of tetrazole rings is 1. The Kier molecular flexibility index (Phi) is 9.40. The molecule has 2 heterocycles. The molecule has 5 atom stereocenters. The molecule has 0 saturated carbocycles. The van der Waals surface area contributed by atoms with Crippen molar-refractivity contribution >= 4 is 47.1 Å². The number of carbonyl (C=O) groups is 4. The molecule has 37 heavy (non-hydrogen) atoms. The highest BCUT2D eigenvalue weighted by molar-refractivity contribution is 6.35. The SMILES string of the molecule is CC(=O)OCC1OC(n2nnc(Cc3ccc(Cl)cc3Cl)n2)C(OC(C)=O)C(OC(C)=O)C1OC(C)=O. The summed E-state index contributed by atoms with van der Waals surface area (Å²) >= 11 is 12.2. The van der Waals surface area contributed by atoms with Crippen molar-refractivity contribution in [2.45, 2.75) is 64.8 Å². The van der Waals surface area contributed by atoms with E-state index in [1.54, 1.807) is 18.2 Å². The summed E-state index contributed by atoms with van der Waals surface area (Å²) in [6, 6.07) is 4.94. The van der Waals surface area contributed by atoms with E-state index in [-0.39, 0.29) is 18.9 Å². The van der Waals surface area contributed by atoms with Gasteiger partial charge >= 0.3 is 23.9 Å². The van der Waals surface area contributed by atoms with E-state index in [0.29, 0.717) is 15.6 Å². The summed E-state index contributed by atoms with van der Waals surface area (Å²) in [4.78, 5) is 48.2. The predicted octanol–water partition coefficient (Wildman–Crippen LogP) is 1.83.